The monoisotopic (exact) mass is 394 g/mol. The third kappa shape index (κ3) is 4.47. The molecule has 2 N–H and O–H groups in total. The lowest BCUT2D eigenvalue weighted by Crippen LogP contribution is -2.19. The van der Waals surface area contributed by atoms with E-state index in [9.17, 15) is 25.0 Å². The van der Waals surface area contributed by atoms with E-state index in [1.807, 2.05) is 0 Å². The Morgan fingerprint density at radius 1 is 1.03 bits per heavy atom. The molecule has 3 rings (SSSR count). The molecule has 11 heteroatoms. The molecule has 1 aromatic heterocycles. The second-order valence-electron chi connectivity index (χ2n) is 5.92. The van der Waals surface area contributed by atoms with Gasteiger partial charge in [0.15, 0.2) is 0 Å². The highest BCUT2D eigenvalue weighted by molar-refractivity contribution is 6.01. The third-order valence-corrected chi connectivity index (χ3v) is 3.98. The molecule has 146 valence electrons. The zero-order chi connectivity index (χ0) is 21.0. The highest BCUT2D eigenvalue weighted by atomic mass is 16.6. The standard InChI is InChI=1S/C18H14N6O5/c1-11(12-4-2-6-14(8-12)23(26)27)19-22-18(25)17-10-16(20-21-17)13-5-3-7-15(9-13)24(28)29/h2-10H,1H3,(H,20,21)(H,22,25)/b19-11+. The maximum Gasteiger partial charge on any atom is 0.289 e. The van der Waals surface area contributed by atoms with E-state index in [0.29, 0.717) is 22.5 Å². The Kier molecular flexibility index (Phi) is 5.39. The molecule has 0 saturated heterocycles. The molecule has 0 bridgehead atoms. The number of rotatable bonds is 6. The number of aromatic amines is 1. The Balaban J connectivity index is 1.74. The maximum atomic E-state index is 12.3. The van der Waals surface area contributed by atoms with Gasteiger partial charge in [0.05, 0.1) is 21.3 Å². The molecule has 0 spiro atoms. The second kappa shape index (κ2) is 8.08. The number of nitro groups is 2. The van der Waals surface area contributed by atoms with Crippen LogP contribution < -0.4 is 5.43 Å². The van der Waals surface area contributed by atoms with E-state index in [1.165, 1.54) is 42.5 Å². The highest BCUT2D eigenvalue weighted by Gasteiger charge is 2.14. The minimum Gasteiger partial charge on any atom is -0.272 e. The van der Waals surface area contributed by atoms with Gasteiger partial charge in [-0.1, -0.05) is 24.3 Å². The molecule has 11 nitrogen and oxygen atoms in total. The minimum atomic E-state index is -0.584. The van der Waals surface area contributed by atoms with Crippen molar-refractivity contribution in [2.75, 3.05) is 0 Å². The number of H-pyrrole nitrogens is 1. The van der Waals surface area contributed by atoms with Crippen LogP contribution in [0.3, 0.4) is 0 Å². The largest absolute Gasteiger partial charge is 0.289 e. The lowest BCUT2D eigenvalue weighted by Gasteiger charge is -2.02. The first-order valence-electron chi connectivity index (χ1n) is 8.25. The van der Waals surface area contributed by atoms with Crippen molar-refractivity contribution in [1.82, 2.24) is 15.6 Å². The molecule has 0 fully saturated rings. The molecule has 2 aromatic carbocycles. The summed E-state index contributed by atoms with van der Waals surface area (Å²) in [4.78, 5) is 33.0. The van der Waals surface area contributed by atoms with Crippen LogP contribution in [0, 0.1) is 20.2 Å². The fourth-order valence-corrected chi connectivity index (χ4v) is 2.47. The highest BCUT2D eigenvalue weighted by Crippen LogP contribution is 2.22. The van der Waals surface area contributed by atoms with E-state index in [0.717, 1.165) is 0 Å². The Morgan fingerprint density at radius 2 is 1.69 bits per heavy atom. The molecule has 0 aliphatic heterocycles. The predicted molar refractivity (Wildman–Crippen MR) is 103 cm³/mol. The third-order valence-electron chi connectivity index (χ3n) is 3.98. The number of carbonyl (C=O) groups is 1. The fraction of sp³-hybridized carbons (Fsp3) is 0.0556. The Morgan fingerprint density at radius 3 is 2.38 bits per heavy atom. The molecule has 1 amide bonds. The maximum absolute atomic E-state index is 12.3. The van der Waals surface area contributed by atoms with Crippen LogP contribution in [0.15, 0.2) is 59.7 Å². The lowest BCUT2D eigenvalue weighted by atomic mass is 10.1. The second-order valence-corrected chi connectivity index (χ2v) is 5.92. The van der Waals surface area contributed by atoms with Gasteiger partial charge in [0, 0.05) is 35.4 Å². The topological polar surface area (TPSA) is 156 Å². The van der Waals surface area contributed by atoms with Gasteiger partial charge in [-0.3, -0.25) is 30.1 Å². The summed E-state index contributed by atoms with van der Waals surface area (Å²) < 4.78 is 0. The number of hydrogen-bond donors (Lipinski definition) is 2. The number of benzene rings is 2. The van der Waals surface area contributed by atoms with Crippen LogP contribution in [0.1, 0.15) is 23.0 Å². The van der Waals surface area contributed by atoms with E-state index in [-0.39, 0.29) is 17.1 Å². The first-order valence-corrected chi connectivity index (χ1v) is 8.25. The van der Waals surface area contributed by atoms with Crippen molar-refractivity contribution in [3.63, 3.8) is 0 Å². The zero-order valence-electron chi connectivity index (χ0n) is 15.0. The molecule has 0 radical (unpaired) electrons. The molecule has 0 aliphatic rings. The molecular weight excluding hydrogens is 380 g/mol. The van der Waals surface area contributed by atoms with Crippen LogP contribution in [0.25, 0.3) is 11.3 Å². The number of nitro benzene ring substituents is 2. The fourth-order valence-electron chi connectivity index (χ4n) is 2.47. The van der Waals surface area contributed by atoms with E-state index < -0.39 is 15.8 Å². The van der Waals surface area contributed by atoms with Gasteiger partial charge in [0.2, 0.25) is 0 Å². The molecule has 0 saturated carbocycles. The van der Waals surface area contributed by atoms with Crippen molar-refractivity contribution in [3.8, 4) is 11.3 Å². The minimum absolute atomic E-state index is 0.0847. The van der Waals surface area contributed by atoms with Gasteiger partial charge >= 0.3 is 0 Å². The molecule has 29 heavy (non-hydrogen) atoms. The smallest absolute Gasteiger partial charge is 0.272 e. The number of aromatic nitrogens is 2. The van der Waals surface area contributed by atoms with Crippen molar-refractivity contribution < 1.29 is 14.6 Å². The Bertz CT molecular complexity index is 1140. The molecular formula is C18H14N6O5. The van der Waals surface area contributed by atoms with Crippen molar-refractivity contribution in [1.29, 1.82) is 0 Å². The number of hydrazone groups is 1. The predicted octanol–water partition coefficient (Wildman–Crippen LogP) is 3.05. The van der Waals surface area contributed by atoms with E-state index in [4.69, 9.17) is 0 Å². The number of nitrogens with zero attached hydrogens (tertiary/aromatic N) is 4. The first-order chi connectivity index (χ1) is 13.8. The summed E-state index contributed by atoms with van der Waals surface area (Å²) in [5.74, 6) is -0.584. The van der Waals surface area contributed by atoms with Gasteiger partial charge in [-0.15, -0.1) is 0 Å². The van der Waals surface area contributed by atoms with Crippen LogP contribution in [-0.2, 0) is 0 Å². The number of hydrogen-bond acceptors (Lipinski definition) is 7. The average molecular weight is 394 g/mol. The van der Waals surface area contributed by atoms with Gasteiger partial charge in [-0.05, 0) is 13.0 Å². The Labute approximate surface area is 163 Å². The average Bonchev–Trinajstić information content (AvgIpc) is 3.22. The quantitative estimate of drug-likeness (QED) is 0.372. The number of nitrogens with one attached hydrogen (secondary N) is 2. The lowest BCUT2D eigenvalue weighted by molar-refractivity contribution is -0.385. The SMILES string of the molecule is C/C(=N\NC(=O)c1cc(-c2cccc([N+](=O)[O-])c2)n[nH]1)c1cccc([N+](=O)[O-])c1. The summed E-state index contributed by atoms with van der Waals surface area (Å²) in [6, 6.07) is 13.2. The number of amides is 1. The van der Waals surface area contributed by atoms with Gasteiger partial charge in [0.25, 0.3) is 17.3 Å². The van der Waals surface area contributed by atoms with Crippen molar-refractivity contribution >= 4 is 23.0 Å². The van der Waals surface area contributed by atoms with Gasteiger partial charge < -0.3 is 0 Å². The summed E-state index contributed by atoms with van der Waals surface area (Å²) in [5.41, 5.74) is 3.97. The van der Waals surface area contributed by atoms with Crippen LogP contribution in [0.5, 0.6) is 0 Å². The van der Waals surface area contributed by atoms with Crippen LogP contribution in [-0.4, -0.2) is 31.7 Å². The number of non-ortho nitro benzene ring substituents is 2. The number of carbonyl (C=O) groups excluding carboxylic acids is 1. The molecule has 0 atom stereocenters. The summed E-state index contributed by atoms with van der Waals surface area (Å²) in [6.07, 6.45) is 0. The van der Waals surface area contributed by atoms with Crippen molar-refractivity contribution in [3.05, 3.63) is 86.1 Å². The van der Waals surface area contributed by atoms with Crippen LogP contribution >= 0.6 is 0 Å². The molecule has 0 unspecified atom stereocenters. The van der Waals surface area contributed by atoms with Crippen molar-refractivity contribution in [2.24, 2.45) is 5.10 Å². The Hall–Kier alpha value is -4.41. The summed E-state index contributed by atoms with van der Waals surface area (Å²) >= 11 is 0. The molecule has 1 heterocycles. The van der Waals surface area contributed by atoms with Crippen molar-refractivity contribution in [2.45, 2.75) is 6.92 Å². The summed E-state index contributed by atoms with van der Waals surface area (Å²) in [7, 11) is 0. The van der Waals surface area contributed by atoms with Crippen LogP contribution in [0.2, 0.25) is 0 Å². The van der Waals surface area contributed by atoms with Gasteiger partial charge in [0.1, 0.15) is 5.69 Å². The molecule has 3 aromatic rings. The van der Waals surface area contributed by atoms with E-state index >= 15 is 0 Å². The summed E-state index contributed by atoms with van der Waals surface area (Å²) in [5, 5.41) is 32.2. The van der Waals surface area contributed by atoms with Gasteiger partial charge in [-0.2, -0.15) is 10.2 Å². The van der Waals surface area contributed by atoms with E-state index in [1.54, 1.807) is 19.1 Å². The molecule has 0 aliphatic carbocycles. The summed E-state index contributed by atoms with van der Waals surface area (Å²) in [6.45, 7) is 1.60. The normalized spacial score (nSPS) is 11.1. The van der Waals surface area contributed by atoms with Gasteiger partial charge in [-0.25, -0.2) is 5.43 Å². The zero-order valence-corrected chi connectivity index (χ0v) is 15.0. The first kappa shape index (κ1) is 19.4. The van der Waals surface area contributed by atoms with Crippen LogP contribution in [0.4, 0.5) is 11.4 Å². The van der Waals surface area contributed by atoms with E-state index in [2.05, 4.69) is 20.7 Å².